The average molecular weight is 439 g/mol. The van der Waals surface area contributed by atoms with E-state index in [1.54, 1.807) is 30.3 Å². The van der Waals surface area contributed by atoms with Crippen LogP contribution in [0, 0.1) is 17.5 Å². The summed E-state index contributed by atoms with van der Waals surface area (Å²) < 4.78 is 53.1. The highest BCUT2D eigenvalue weighted by atomic mass is 19.1. The molecule has 0 aromatic heterocycles. The monoisotopic (exact) mass is 439 g/mol. The molecular formula is C21H20F3NO6. The van der Waals surface area contributed by atoms with Crippen molar-refractivity contribution in [3.63, 3.8) is 0 Å². The molecule has 166 valence electrons. The molecule has 3 rings (SSSR count). The van der Waals surface area contributed by atoms with Crippen LogP contribution in [-0.4, -0.2) is 54.6 Å². The highest BCUT2D eigenvalue weighted by molar-refractivity contribution is 5.89. The van der Waals surface area contributed by atoms with Crippen LogP contribution in [0.2, 0.25) is 0 Å². The highest BCUT2D eigenvalue weighted by Crippen LogP contribution is 2.34. The summed E-state index contributed by atoms with van der Waals surface area (Å²) in [5.41, 5.74) is 0.0209. The second-order valence-electron chi connectivity index (χ2n) is 6.24. The number of benzene rings is 2. The molecule has 2 aromatic rings. The Labute approximate surface area is 175 Å². The molecule has 1 aliphatic rings. The van der Waals surface area contributed by atoms with E-state index in [0.29, 0.717) is 36.9 Å². The molecular weight excluding hydrogens is 419 g/mol. The van der Waals surface area contributed by atoms with Crippen molar-refractivity contribution in [3.05, 3.63) is 66.0 Å². The van der Waals surface area contributed by atoms with Gasteiger partial charge in [-0.1, -0.05) is 30.3 Å². The Morgan fingerprint density at radius 2 is 1.74 bits per heavy atom. The van der Waals surface area contributed by atoms with Crippen molar-refractivity contribution in [2.24, 2.45) is 0 Å². The van der Waals surface area contributed by atoms with Crippen LogP contribution in [0.3, 0.4) is 0 Å². The lowest BCUT2D eigenvalue weighted by molar-refractivity contribution is -0.134. The van der Waals surface area contributed by atoms with Gasteiger partial charge in [-0.3, -0.25) is 0 Å². The summed E-state index contributed by atoms with van der Waals surface area (Å²) in [6.07, 6.45) is 0.817. The number of carbonyl (C=O) groups is 2. The predicted octanol–water partition coefficient (Wildman–Crippen LogP) is 2.85. The van der Waals surface area contributed by atoms with Crippen LogP contribution >= 0.6 is 0 Å². The minimum Gasteiger partial charge on any atom is -0.485 e. The van der Waals surface area contributed by atoms with Gasteiger partial charge in [0.2, 0.25) is 0 Å². The lowest BCUT2D eigenvalue weighted by Crippen LogP contribution is -2.41. The molecule has 3 N–H and O–H groups in total. The molecule has 0 spiro atoms. The normalized spacial score (nSPS) is 15.8. The predicted molar refractivity (Wildman–Crippen MR) is 104 cm³/mol. The van der Waals surface area contributed by atoms with Gasteiger partial charge >= 0.3 is 11.9 Å². The van der Waals surface area contributed by atoms with Gasteiger partial charge in [0.25, 0.3) is 0 Å². The SMILES string of the molecule is Fc1cc(F)c(-c2ccccc2)c(F)c1OC[C@@H]1CNCCO1.O=C(O)/C=C/C(=O)O. The Morgan fingerprint density at radius 3 is 2.29 bits per heavy atom. The fourth-order valence-corrected chi connectivity index (χ4v) is 2.62. The number of hydrogen-bond donors (Lipinski definition) is 3. The van der Waals surface area contributed by atoms with E-state index in [4.69, 9.17) is 19.7 Å². The molecule has 0 unspecified atom stereocenters. The summed E-state index contributed by atoms with van der Waals surface area (Å²) in [7, 11) is 0. The molecule has 7 nitrogen and oxygen atoms in total. The first kappa shape index (κ1) is 23.9. The van der Waals surface area contributed by atoms with E-state index in [1.807, 2.05) is 0 Å². The van der Waals surface area contributed by atoms with Gasteiger partial charge in [-0.15, -0.1) is 0 Å². The number of hydrogen-bond acceptors (Lipinski definition) is 5. The maximum Gasteiger partial charge on any atom is 0.328 e. The van der Waals surface area contributed by atoms with E-state index in [-0.39, 0.29) is 18.3 Å². The zero-order valence-corrected chi connectivity index (χ0v) is 16.2. The average Bonchev–Trinajstić information content (AvgIpc) is 2.74. The van der Waals surface area contributed by atoms with E-state index in [9.17, 15) is 22.8 Å². The van der Waals surface area contributed by atoms with E-state index in [0.717, 1.165) is 6.54 Å². The van der Waals surface area contributed by atoms with Crippen LogP contribution in [-0.2, 0) is 14.3 Å². The van der Waals surface area contributed by atoms with Crippen LogP contribution < -0.4 is 10.1 Å². The van der Waals surface area contributed by atoms with Gasteiger partial charge in [0, 0.05) is 31.3 Å². The zero-order valence-electron chi connectivity index (χ0n) is 16.2. The largest absolute Gasteiger partial charge is 0.485 e. The maximum atomic E-state index is 14.6. The van der Waals surface area contributed by atoms with Crippen LogP contribution in [0.25, 0.3) is 11.1 Å². The molecule has 1 atom stereocenters. The van der Waals surface area contributed by atoms with Crippen molar-refractivity contribution in [3.8, 4) is 16.9 Å². The molecule has 0 bridgehead atoms. The maximum absolute atomic E-state index is 14.6. The van der Waals surface area contributed by atoms with Crippen LogP contribution in [0.15, 0.2) is 48.6 Å². The van der Waals surface area contributed by atoms with Gasteiger partial charge in [-0.25, -0.2) is 22.8 Å². The number of aliphatic carboxylic acids is 2. The quantitative estimate of drug-likeness (QED) is 0.595. The van der Waals surface area contributed by atoms with Gasteiger partial charge in [-0.05, 0) is 5.56 Å². The number of carboxylic acids is 2. The van der Waals surface area contributed by atoms with Crippen LogP contribution in [0.4, 0.5) is 13.2 Å². The standard InChI is InChI=1S/C17H16F3NO2.C4H4O4/c18-13-8-14(19)17(23-10-12-9-21-6-7-22-12)16(20)15(13)11-4-2-1-3-5-11;5-3(6)1-2-4(7)8/h1-5,8,12,21H,6-7,9-10H2;1-2H,(H,5,6)(H,7,8)/b;2-1+/t12-;/m0./s1. The summed E-state index contributed by atoms with van der Waals surface area (Å²) in [6, 6.07) is 8.78. The summed E-state index contributed by atoms with van der Waals surface area (Å²) >= 11 is 0. The van der Waals surface area contributed by atoms with Crippen molar-refractivity contribution in [1.82, 2.24) is 5.32 Å². The number of halogens is 3. The molecule has 1 heterocycles. The van der Waals surface area contributed by atoms with Gasteiger partial charge < -0.3 is 25.0 Å². The zero-order chi connectivity index (χ0) is 22.8. The topological polar surface area (TPSA) is 105 Å². The molecule has 0 aliphatic carbocycles. The van der Waals surface area contributed by atoms with Crippen molar-refractivity contribution >= 4 is 11.9 Å². The molecule has 0 radical (unpaired) electrons. The van der Waals surface area contributed by atoms with E-state index in [1.165, 1.54) is 0 Å². The summed E-state index contributed by atoms with van der Waals surface area (Å²) in [6.45, 7) is 1.77. The van der Waals surface area contributed by atoms with Crippen LogP contribution in [0.5, 0.6) is 5.75 Å². The fourth-order valence-electron chi connectivity index (χ4n) is 2.62. The fraction of sp³-hybridized carbons (Fsp3) is 0.238. The molecule has 0 amide bonds. The van der Waals surface area contributed by atoms with E-state index < -0.39 is 35.1 Å². The lowest BCUT2D eigenvalue weighted by atomic mass is 10.0. The van der Waals surface area contributed by atoms with E-state index >= 15 is 0 Å². The van der Waals surface area contributed by atoms with Crippen molar-refractivity contribution in [2.75, 3.05) is 26.3 Å². The summed E-state index contributed by atoms with van der Waals surface area (Å²) in [5, 5.41) is 18.7. The Kier molecular flexibility index (Phi) is 9.04. The molecule has 31 heavy (non-hydrogen) atoms. The molecule has 1 saturated heterocycles. The number of rotatable bonds is 6. The van der Waals surface area contributed by atoms with Gasteiger partial charge in [0.05, 0.1) is 12.2 Å². The summed E-state index contributed by atoms with van der Waals surface area (Å²) in [4.78, 5) is 19.1. The van der Waals surface area contributed by atoms with Gasteiger partial charge in [0.1, 0.15) is 18.5 Å². The van der Waals surface area contributed by atoms with Crippen molar-refractivity contribution in [1.29, 1.82) is 0 Å². The number of nitrogens with one attached hydrogen (secondary N) is 1. The molecule has 1 fully saturated rings. The Balaban J connectivity index is 0.000000366. The first-order valence-corrected chi connectivity index (χ1v) is 9.11. The Bertz CT molecular complexity index is 914. The van der Waals surface area contributed by atoms with Crippen molar-refractivity contribution < 1.29 is 42.4 Å². The Morgan fingerprint density at radius 1 is 1.10 bits per heavy atom. The second-order valence-corrected chi connectivity index (χ2v) is 6.24. The number of carboxylic acid groups (broad SMARTS) is 2. The molecule has 10 heteroatoms. The van der Waals surface area contributed by atoms with Gasteiger partial charge in [-0.2, -0.15) is 0 Å². The minimum atomic E-state index is -1.26. The summed E-state index contributed by atoms with van der Waals surface area (Å²) in [5.74, 6) is -6.17. The smallest absolute Gasteiger partial charge is 0.328 e. The van der Waals surface area contributed by atoms with Crippen LogP contribution in [0.1, 0.15) is 0 Å². The molecule has 1 aliphatic heterocycles. The number of morpholine rings is 1. The highest BCUT2D eigenvalue weighted by Gasteiger charge is 2.23. The molecule has 2 aromatic carbocycles. The van der Waals surface area contributed by atoms with E-state index in [2.05, 4.69) is 5.32 Å². The first-order chi connectivity index (χ1) is 14.8. The van der Waals surface area contributed by atoms with Crippen molar-refractivity contribution in [2.45, 2.75) is 6.10 Å². The van der Waals surface area contributed by atoms with Gasteiger partial charge in [0.15, 0.2) is 17.4 Å². The molecule has 0 saturated carbocycles. The number of ether oxygens (including phenoxy) is 2. The minimum absolute atomic E-state index is 0.0132. The third-order valence-electron chi connectivity index (χ3n) is 3.98. The third kappa shape index (κ3) is 7.43. The lowest BCUT2D eigenvalue weighted by Gasteiger charge is -2.24. The Hall–Kier alpha value is -3.37. The second kappa shape index (κ2) is 11.7. The first-order valence-electron chi connectivity index (χ1n) is 9.11. The third-order valence-corrected chi connectivity index (χ3v) is 3.98.